The molecule has 1 aliphatic rings. The van der Waals surface area contributed by atoms with E-state index in [2.05, 4.69) is 4.99 Å². The van der Waals surface area contributed by atoms with Crippen molar-refractivity contribution in [2.24, 2.45) is 10.9 Å². The van der Waals surface area contributed by atoms with E-state index in [-0.39, 0.29) is 0 Å². The lowest BCUT2D eigenvalue weighted by Gasteiger charge is -2.26. The first-order valence-electron chi connectivity index (χ1n) is 8.80. The monoisotopic (exact) mass is 379 g/mol. The molecule has 2 atom stereocenters. The second kappa shape index (κ2) is 8.99. The van der Waals surface area contributed by atoms with Crippen LogP contribution in [0.4, 0.5) is 0 Å². The topological polar surface area (TPSA) is 74.2 Å². The molecule has 0 aromatic heterocycles. The normalized spacial score (nSPS) is 18.1. The van der Waals surface area contributed by atoms with Gasteiger partial charge in [0.15, 0.2) is 0 Å². The first-order chi connectivity index (χ1) is 13.6. The van der Waals surface area contributed by atoms with E-state index in [0.717, 1.165) is 11.1 Å². The Labute approximate surface area is 163 Å². The number of esters is 2. The summed E-state index contributed by atoms with van der Waals surface area (Å²) < 4.78 is 15.7. The molecule has 28 heavy (non-hydrogen) atoms. The van der Waals surface area contributed by atoms with Gasteiger partial charge in [0, 0.05) is 18.3 Å². The van der Waals surface area contributed by atoms with Crippen LogP contribution in [0.5, 0.6) is 5.75 Å². The van der Waals surface area contributed by atoms with Crippen LogP contribution in [0.3, 0.4) is 0 Å². The van der Waals surface area contributed by atoms with Crippen molar-refractivity contribution in [1.82, 2.24) is 0 Å². The molecule has 0 saturated heterocycles. The van der Waals surface area contributed by atoms with Gasteiger partial charge < -0.3 is 14.2 Å². The van der Waals surface area contributed by atoms with Crippen molar-refractivity contribution < 1.29 is 23.8 Å². The number of aliphatic imine (C=N–C) groups is 1. The number of hydrogen-bond acceptors (Lipinski definition) is 6. The summed E-state index contributed by atoms with van der Waals surface area (Å²) in [6.45, 7) is 0.413. The van der Waals surface area contributed by atoms with Gasteiger partial charge in [0.1, 0.15) is 18.3 Å². The molecule has 0 saturated carbocycles. The molecular weight excluding hydrogens is 358 g/mol. The number of benzene rings is 2. The second-order valence-electron chi connectivity index (χ2n) is 6.25. The largest absolute Gasteiger partial charge is 0.489 e. The van der Waals surface area contributed by atoms with Crippen molar-refractivity contribution >= 4 is 18.2 Å². The fraction of sp³-hybridized carbons (Fsp3) is 0.227. The van der Waals surface area contributed by atoms with E-state index in [1.807, 2.05) is 54.6 Å². The molecule has 3 rings (SSSR count). The van der Waals surface area contributed by atoms with Crippen molar-refractivity contribution in [3.8, 4) is 5.75 Å². The zero-order valence-corrected chi connectivity index (χ0v) is 15.7. The number of carbonyl (C=O) groups excluding carboxylic acids is 2. The van der Waals surface area contributed by atoms with Gasteiger partial charge in [0.25, 0.3) is 0 Å². The van der Waals surface area contributed by atoms with Crippen LogP contribution < -0.4 is 4.74 Å². The summed E-state index contributed by atoms with van der Waals surface area (Å²) in [5, 5.41) is 0. The van der Waals surface area contributed by atoms with Gasteiger partial charge in [-0.3, -0.25) is 9.79 Å². The predicted molar refractivity (Wildman–Crippen MR) is 104 cm³/mol. The van der Waals surface area contributed by atoms with E-state index in [1.54, 1.807) is 0 Å². The minimum Gasteiger partial charge on any atom is -0.489 e. The highest BCUT2D eigenvalue weighted by atomic mass is 16.5. The Kier molecular flexibility index (Phi) is 6.22. The average molecular weight is 379 g/mol. The first kappa shape index (κ1) is 19.4. The number of rotatable bonds is 6. The summed E-state index contributed by atoms with van der Waals surface area (Å²) in [5.41, 5.74) is 2.07. The second-order valence-corrected chi connectivity index (χ2v) is 6.25. The predicted octanol–water partition coefficient (Wildman–Crippen LogP) is 3.28. The van der Waals surface area contributed by atoms with Crippen LogP contribution in [0.2, 0.25) is 0 Å². The van der Waals surface area contributed by atoms with E-state index < -0.39 is 23.8 Å². The highest BCUT2D eigenvalue weighted by Crippen LogP contribution is 2.36. The van der Waals surface area contributed by atoms with Crippen molar-refractivity contribution in [3.63, 3.8) is 0 Å². The molecule has 0 spiro atoms. The fourth-order valence-electron chi connectivity index (χ4n) is 3.13. The molecule has 1 aliphatic heterocycles. The minimum absolute atomic E-state index is 0.292. The van der Waals surface area contributed by atoms with E-state index in [4.69, 9.17) is 14.2 Å². The van der Waals surface area contributed by atoms with Crippen LogP contribution in [0.15, 0.2) is 71.4 Å². The Balaban J connectivity index is 1.89. The van der Waals surface area contributed by atoms with Gasteiger partial charge in [-0.15, -0.1) is 0 Å². The zero-order valence-electron chi connectivity index (χ0n) is 15.7. The van der Waals surface area contributed by atoms with Crippen molar-refractivity contribution in [2.75, 3.05) is 14.2 Å². The van der Waals surface area contributed by atoms with E-state index in [1.165, 1.54) is 26.6 Å². The Morgan fingerprint density at radius 3 is 2.50 bits per heavy atom. The maximum Gasteiger partial charge on any atom is 0.335 e. The van der Waals surface area contributed by atoms with Crippen LogP contribution in [-0.2, 0) is 25.7 Å². The lowest BCUT2D eigenvalue weighted by Crippen LogP contribution is -2.31. The molecule has 1 heterocycles. The SMILES string of the molecule is COC(=O)C1=CN=CC(C(=O)OC)C1c1cccc(OCc2ccccc2)c1. The summed E-state index contributed by atoms with van der Waals surface area (Å²) in [6, 6.07) is 17.1. The third kappa shape index (κ3) is 4.28. The molecular formula is C22H21NO5. The van der Waals surface area contributed by atoms with E-state index in [9.17, 15) is 9.59 Å². The molecule has 2 aromatic carbocycles. The number of carbonyl (C=O) groups is 2. The van der Waals surface area contributed by atoms with Gasteiger partial charge in [-0.05, 0) is 23.3 Å². The lowest BCUT2D eigenvalue weighted by molar-refractivity contribution is -0.143. The molecule has 6 heteroatoms. The number of nitrogens with zero attached hydrogens (tertiary/aromatic N) is 1. The maximum absolute atomic E-state index is 12.3. The molecule has 144 valence electrons. The molecule has 0 aliphatic carbocycles. The summed E-state index contributed by atoms with van der Waals surface area (Å²) in [4.78, 5) is 28.6. The Bertz CT molecular complexity index is 904. The van der Waals surface area contributed by atoms with Crippen molar-refractivity contribution in [1.29, 1.82) is 0 Å². The van der Waals surface area contributed by atoms with E-state index >= 15 is 0 Å². The quantitative estimate of drug-likeness (QED) is 0.720. The highest BCUT2D eigenvalue weighted by Gasteiger charge is 2.37. The van der Waals surface area contributed by atoms with E-state index in [0.29, 0.717) is 17.9 Å². The van der Waals surface area contributed by atoms with Gasteiger partial charge in [-0.2, -0.15) is 0 Å². The first-order valence-corrected chi connectivity index (χ1v) is 8.80. The average Bonchev–Trinajstić information content (AvgIpc) is 2.77. The van der Waals surface area contributed by atoms with Crippen LogP contribution in [0.25, 0.3) is 0 Å². The number of ether oxygens (including phenoxy) is 3. The van der Waals surface area contributed by atoms with Gasteiger partial charge >= 0.3 is 11.9 Å². The molecule has 6 nitrogen and oxygen atoms in total. The van der Waals surface area contributed by atoms with Gasteiger partial charge in [0.05, 0.1) is 19.8 Å². The Morgan fingerprint density at radius 1 is 1.00 bits per heavy atom. The standard InChI is InChI=1S/C22H21NO5/c1-26-21(24)18-12-23-13-19(22(25)27-2)20(18)16-9-6-10-17(11-16)28-14-15-7-4-3-5-8-15/h3-13,18,20H,14H2,1-2H3. The fourth-order valence-corrected chi connectivity index (χ4v) is 3.13. The van der Waals surface area contributed by atoms with Crippen molar-refractivity contribution in [2.45, 2.75) is 12.5 Å². The smallest absolute Gasteiger partial charge is 0.335 e. The number of methoxy groups -OCH3 is 2. The molecule has 0 bridgehead atoms. The summed E-state index contributed by atoms with van der Waals surface area (Å²) in [5.74, 6) is -1.67. The van der Waals surface area contributed by atoms with Gasteiger partial charge in [-0.25, -0.2) is 4.79 Å². The lowest BCUT2D eigenvalue weighted by atomic mass is 9.80. The highest BCUT2D eigenvalue weighted by molar-refractivity contribution is 5.99. The summed E-state index contributed by atoms with van der Waals surface area (Å²) in [7, 11) is 2.61. The molecule has 0 amide bonds. The van der Waals surface area contributed by atoms with Gasteiger partial charge in [0.2, 0.25) is 0 Å². The maximum atomic E-state index is 12.3. The van der Waals surface area contributed by atoms with Crippen LogP contribution in [-0.4, -0.2) is 32.4 Å². The molecule has 0 N–H and O–H groups in total. The zero-order chi connectivity index (χ0) is 19.9. The molecule has 0 radical (unpaired) electrons. The third-order valence-electron chi connectivity index (χ3n) is 4.51. The Morgan fingerprint density at radius 2 is 1.79 bits per heavy atom. The van der Waals surface area contributed by atoms with Crippen LogP contribution in [0, 0.1) is 5.92 Å². The van der Waals surface area contributed by atoms with Crippen LogP contribution in [0.1, 0.15) is 17.0 Å². The van der Waals surface area contributed by atoms with Crippen molar-refractivity contribution in [3.05, 3.63) is 77.5 Å². The number of hydrogen-bond donors (Lipinski definition) is 0. The molecule has 2 aromatic rings. The molecule has 0 fully saturated rings. The van der Waals surface area contributed by atoms with Crippen LogP contribution >= 0.6 is 0 Å². The Hall–Kier alpha value is -3.41. The summed E-state index contributed by atoms with van der Waals surface area (Å²) >= 11 is 0. The summed E-state index contributed by atoms with van der Waals surface area (Å²) in [6.07, 6.45) is 2.91. The van der Waals surface area contributed by atoms with Gasteiger partial charge in [-0.1, -0.05) is 42.5 Å². The third-order valence-corrected chi connectivity index (χ3v) is 4.51. The molecule has 2 unspecified atom stereocenters. The minimum atomic E-state index is -0.728.